The first kappa shape index (κ1) is 11.4. The summed E-state index contributed by atoms with van der Waals surface area (Å²) in [6.45, 7) is 7.09. The van der Waals surface area contributed by atoms with Crippen molar-refractivity contribution in [1.29, 1.82) is 0 Å². The maximum absolute atomic E-state index is 4.56. The summed E-state index contributed by atoms with van der Waals surface area (Å²) in [5, 5.41) is 6.22. The number of rotatable bonds is 4. The molecule has 0 bridgehead atoms. The lowest BCUT2D eigenvalue weighted by molar-refractivity contribution is 0.672. The Kier molecular flexibility index (Phi) is 3.43. The van der Waals surface area contributed by atoms with E-state index in [1.807, 2.05) is 17.8 Å². The maximum Gasteiger partial charge on any atom is 0.189 e. The Morgan fingerprint density at radius 3 is 2.81 bits per heavy atom. The highest BCUT2D eigenvalue weighted by Gasteiger charge is 2.09. The van der Waals surface area contributed by atoms with Crippen LogP contribution in [-0.2, 0) is 6.54 Å². The molecule has 0 unspecified atom stereocenters. The van der Waals surface area contributed by atoms with E-state index in [0.717, 1.165) is 40.6 Å². The standard InChI is InChI=1S/C11H16N4S/c1-4-6-16-11-13-8(3)9-7-12-15(5-2)10(9)14-11/h7H,4-6H2,1-3H3. The van der Waals surface area contributed by atoms with Crippen molar-refractivity contribution in [1.82, 2.24) is 19.7 Å². The zero-order valence-electron chi connectivity index (χ0n) is 9.90. The number of fused-ring (bicyclic) bond motifs is 1. The first-order valence-electron chi connectivity index (χ1n) is 5.59. The molecule has 0 aromatic carbocycles. The predicted octanol–water partition coefficient (Wildman–Crippen LogP) is 2.66. The molecule has 2 rings (SSSR count). The van der Waals surface area contributed by atoms with E-state index in [1.165, 1.54) is 0 Å². The van der Waals surface area contributed by atoms with Crippen LogP contribution in [0.15, 0.2) is 11.4 Å². The molecule has 0 saturated carbocycles. The minimum Gasteiger partial charge on any atom is -0.247 e. The number of hydrogen-bond donors (Lipinski definition) is 0. The molecule has 2 aromatic rings. The van der Waals surface area contributed by atoms with Crippen LogP contribution >= 0.6 is 11.8 Å². The first-order valence-corrected chi connectivity index (χ1v) is 6.57. The zero-order chi connectivity index (χ0) is 11.5. The fourth-order valence-corrected chi connectivity index (χ4v) is 2.30. The normalized spacial score (nSPS) is 11.2. The Labute approximate surface area is 99.5 Å². The summed E-state index contributed by atoms with van der Waals surface area (Å²) in [5.41, 5.74) is 1.97. The number of hydrogen-bond acceptors (Lipinski definition) is 4. The Bertz CT molecular complexity index is 492. The van der Waals surface area contributed by atoms with Gasteiger partial charge in [0.05, 0.1) is 17.3 Å². The highest BCUT2D eigenvalue weighted by molar-refractivity contribution is 7.99. The molecule has 0 fully saturated rings. The van der Waals surface area contributed by atoms with Crippen molar-refractivity contribution in [2.45, 2.75) is 38.9 Å². The zero-order valence-corrected chi connectivity index (χ0v) is 10.7. The van der Waals surface area contributed by atoms with Crippen LogP contribution in [0, 0.1) is 6.92 Å². The van der Waals surface area contributed by atoms with Gasteiger partial charge in [0, 0.05) is 12.3 Å². The summed E-state index contributed by atoms with van der Waals surface area (Å²) >= 11 is 1.71. The van der Waals surface area contributed by atoms with Gasteiger partial charge in [0.15, 0.2) is 10.8 Å². The van der Waals surface area contributed by atoms with E-state index in [2.05, 4.69) is 28.9 Å². The Hall–Kier alpha value is -1.10. The summed E-state index contributed by atoms with van der Waals surface area (Å²) in [4.78, 5) is 9.04. The predicted molar refractivity (Wildman–Crippen MR) is 66.7 cm³/mol. The Morgan fingerprint density at radius 1 is 1.31 bits per heavy atom. The van der Waals surface area contributed by atoms with Gasteiger partial charge in [-0.2, -0.15) is 5.10 Å². The number of nitrogens with zero attached hydrogens (tertiary/aromatic N) is 4. The molecule has 16 heavy (non-hydrogen) atoms. The summed E-state index contributed by atoms with van der Waals surface area (Å²) in [6, 6.07) is 0. The third kappa shape index (κ3) is 2.04. The number of aryl methyl sites for hydroxylation is 2. The molecule has 2 heterocycles. The van der Waals surface area contributed by atoms with Crippen molar-refractivity contribution in [3.63, 3.8) is 0 Å². The van der Waals surface area contributed by atoms with Crippen molar-refractivity contribution in [2.24, 2.45) is 0 Å². The lowest BCUT2D eigenvalue weighted by atomic mass is 10.3. The molecule has 0 atom stereocenters. The second kappa shape index (κ2) is 4.82. The molecular formula is C11H16N4S. The molecule has 5 heteroatoms. The number of thioether (sulfide) groups is 1. The fraction of sp³-hybridized carbons (Fsp3) is 0.545. The Morgan fingerprint density at radius 2 is 2.12 bits per heavy atom. The van der Waals surface area contributed by atoms with Gasteiger partial charge >= 0.3 is 0 Å². The minimum absolute atomic E-state index is 0.845. The highest BCUT2D eigenvalue weighted by atomic mass is 32.2. The molecule has 0 amide bonds. The van der Waals surface area contributed by atoms with Crippen LogP contribution < -0.4 is 0 Å². The van der Waals surface area contributed by atoms with Crippen molar-refractivity contribution < 1.29 is 0 Å². The molecule has 0 radical (unpaired) electrons. The molecule has 4 nitrogen and oxygen atoms in total. The van der Waals surface area contributed by atoms with Gasteiger partial charge in [0.2, 0.25) is 0 Å². The van der Waals surface area contributed by atoms with Crippen molar-refractivity contribution in [2.75, 3.05) is 5.75 Å². The third-order valence-electron chi connectivity index (χ3n) is 2.40. The molecule has 86 valence electrons. The number of aromatic nitrogens is 4. The molecule has 0 saturated heterocycles. The van der Waals surface area contributed by atoms with E-state index >= 15 is 0 Å². The van der Waals surface area contributed by atoms with E-state index in [-0.39, 0.29) is 0 Å². The summed E-state index contributed by atoms with van der Waals surface area (Å²) < 4.78 is 1.92. The van der Waals surface area contributed by atoms with Gasteiger partial charge in [0.25, 0.3) is 0 Å². The van der Waals surface area contributed by atoms with Crippen molar-refractivity contribution >= 4 is 22.8 Å². The third-order valence-corrected chi connectivity index (χ3v) is 3.45. The molecule has 0 aliphatic carbocycles. The van der Waals surface area contributed by atoms with Crippen LogP contribution in [0.1, 0.15) is 26.0 Å². The van der Waals surface area contributed by atoms with E-state index < -0.39 is 0 Å². The van der Waals surface area contributed by atoms with Gasteiger partial charge in [-0.15, -0.1) is 0 Å². The van der Waals surface area contributed by atoms with Crippen LogP contribution in [-0.4, -0.2) is 25.5 Å². The largest absolute Gasteiger partial charge is 0.247 e. The monoisotopic (exact) mass is 236 g/mol. The summed E-state index contributed by atoms with van der Waals surface area (Å²) in [6.07, 6.45) is 2.99. The van der Waals surface area contributed by atoms with Crippen LogP contribution in [0.5, 0.6) is 0 Å². The van der Waals surface area contributed by atoms with Gasteiger partial charge in [-0.25, -0.2) is 14.6 Å². The quantitative estimate of drug-likeness (QED) is 0.604. The average molecular weight is 236 g/mol. The second-order valence-electron chi connectivity index (χ2n) is 3.64. The van der Waals surface area contributed by atoms with Crippen LogP contribution in [0.2, 0.25) is 0 Å². The van der Waals surface area contributed by atoms with Crippen molar-refractivity contribution in [3.8, 4) is 0 Å². The fourth-order valence-electron chi connectivity index (χ4n) is 1.56. The van der Waals surface area contributed by atoms with Gasteiger partial charge in [0.1, 0.15) is 0 Å². The molecule has 0 aliphatic rings. The topological polar surface area (TPSA) is 43.6 Å². The van der Waals surface area contributed by atoms with Gasteiger partial charge in [-0.05, 0) is 20.3 Å². The molecule has 0 aliphatic heterocycles. The summed E-state index contributed by atoms with van der Waals surface area (Å²) in [7, 11) is 0. The molecule has 2 aromatic heterocycles. The highest BCUT2D eigenvalue weighted by Crippen LogP contribution is 2.20. The molecule has 0 spiro atoms. The lowest BCUT2D eigenvalue weighted by Gasteiger charge is -2.03. The lowest BCUT2D eigenvalue weighted by Crippen LogP contribution is -2.00. The van der Waals surface area contributed by atoms with Crippen LogP contribution in [0.25, 0.3) is 11.0 Å². The van der Waals surface area contributed by atoms with Crippen LogP contribution in [0.3, 0.4) is 0 Å². The van der Waals surface area contributed by atoms with Crippen LogP contribution in [0.4, 0.5) is 0 Å². The Balaban J connectivity index is 2.46. The average Bonchev–Trinajstić information content (AvgIpc) is 2.69. The first-order chi connectivity index (χ1) is 7.76. The van der Waals surface area contributed by atoms with E-state index in [0.29, 0.717) is 0 Å². The molecular weight excluding hydrogens is 220 g/mol. The summed E-state index contributed by atoms with van der Waals surface area (Å²) in [5.74, 6) is 1.06. The van der Waals surface area contributed by atoms with Gasteiger partial charge in [-0.3, -0.25) is 0 Å². The minimum atomic E-state index is 0.845. The SMILES string of the molecule is CCCSc1nc(C)c2cnn(CC)c2n1. The smallest absolute Gasteiger partial charge is 0.189 e. The molecule has 0 N–H and O–H groups in total. The van der Waals surface area contributed by atoms with Gasteiger partial charge in [-0.1, -0.05) is 18.7 Å². The maximum atomic E-state index is 4.56. The van der Waals surface area contributed by atoms with Crippen molar-refractivity contribution in [3.05, 3.63) is 11.9 Å². The van der Waals surface area contributed by atoms with E-state index in [4.69, 9.17) is 0 Å². The van der Waals surface area contributed by atoms with Gasteiger partial charge < -0.3 is 0 Å². The second-order valence-corrected chi connectivity index (χ2v) is 4.70. The van der Waals surface area contributed by atoms with E-state index in [9.17, 15) is 0 Å². The van der Waals surface area contributed by atoms with E-state index in [1.54, 1.807) is 11.8 Å².